The van der Waals surface area contributed by atoms with Crippen molar-refractivity contribution in [1.82, 2.24) is 0 Å². The number of nitrogens with zero attached hydrogens (tertiary/aromatic N) is 1. The Labute approximate surface area is 129 Å². The SMILES string of the molecule is O=[N+]([O-])c1ccc2cc3sc(-c4ccccc4)cc3[o+]c2c1. The average Bonchev–Trinajstić information content (AvgIpc) is 2.95. The lowest BCUT2D eigenvalue weighted by Gasteiger charge is -1.92. The molecule has 0 bridgehead atoms. The van der Waals surface area contributed by atoms with Crippen LogP contribution in [0.3, 0.4) is 0 Å². The Kier molecular flexibility index (Phi) is 2.87. The summed E-state index contributed by atoms with van der Waals surface area (Å²) in [5.41, 5.74) is 2.44. The van der Waals surface area contributed by atoms with Gasteiger partial charge in [0.05, 0.1) is 16.4 Å². The molecule has 0 spiro atoms. The van der Waals surface area contributed by atoms with Gasteiger partial charge in [0.1, 0.15) is 10.8 Å². The average molecular weight is 308 g/mol. The fourth-order valence-electron chi connectivity index (χ4n) is 2.42. The molecule has 5 heteroatoms. The van der Waals surface area contributed by atoms with Crippen LogP contribution in [0.15, 0.2) is 65.1 Å². The van der Waals surface area contributed by atoms with Gasteiger partial charge in [0, 0.05) is 10.9 Å². The second kappa shape index (κ2) is 4.89. The molecule has 22 heavy (non-hydrogen) atoms. The molecule has 106 valence electrons. The van der Waals surface area contributed by atoms with Gasteiger partial charge < -0.3 is 0 Å². The van der Waals surface area contributed by atoms with Crippen molar-refractivity contribution >= 4 is 38.3 Å². The van der Waals surface area contributed by atoms with Crippen molar-refractivity contribution in [1.29, 1.82) is 0 Å². The van der Waals surface area contributed by atoms with Gasteiger partial charge in [-0.05, 0) is 17.7 Å². The van der Waals surface area contributed by atoms with E-state index in [1.54, 1.807) is 17.4 Å². The Hall–Kier alpha value is -2.79. The maximum Gasteiger partial charge on any atom is 0.372 e. The molecule has 0 aliphatic heterocycles. The molecule has 2 aromatic heterocycles. The van der Waals surface area contributed by atoms with Gasteiger partial charge in [-0.1, -0.05) is 30.3 Å². The van der Waals surface area contributed by atoms with Crippen molar-refractivity contribution in [3.63, 3.8) is 0 Å². The summed E-state index contributed by atoms with van der Waals surface area (Å²) >= 11 is 1.65. The molecule has 2 heterocycles. The van der Waals surface area contributed by atoms with Gasteiger partial charge in [-0.2, -0.15) is 0 Å². The second-order valence-corrected chi connectivity index (χ2v) is 6.01. The quantitative estimate of drug-likeness (QED) is 0.279. The monoisotopic (exact) mass is 308 g/mol. The minimum Gasteiger partial charge on any atom is -0.258 e. The maximum absolute atomic E-state index is 10.9. The Balaban J connectivity index is 1.92. The molecule has 0 fully saturated rings. The van der Waals surface area contributed by atoms with E-state index in [1.165, 1.54) is 12.1 Å². The summed E-state index contributed by atoms with van der Waals surface area (Å²) in [7, 11) is 0. The van der Waals surface area contributed by atoms with Crippen LogP contribution in [-0.4, -0.2) is 4.92 Å². The number of hydrogen-bond acceptors (Lipinski definition) is 3. The zero-order chi connectivity index (χ0) is 15.1. The van der Waals surface area contributed by atoms with E-state index in [1.807, 2.05) is 30.3 Å². The van der Waals surface area contributed by atoms with Crippen molar-refractivity contribution in [2.24, 2.45) is 0 Å². The van der Waals surface area contributed by atoms with Crippen LogP contribution in [0, 0.1) is 10.1 Å². The van der Waals surface area contributed by atoms with Crippen LogP contribution in [0.2, 0.25) is 0 Å². The van der Waals surface area contributed by atoms with E-state index in [4.69, 9.17) is 4.42 Å². The number of nitro groups is 1. The van der Waals surface area contributed by atoms with Crippen molar-refractivity contribution in [2.45, 2.75) is 0 Å². The van der Waals surface area contributed by atoms with Crippen molar-refractivity contribution in [2.75, 3.05) is 0 Å². The van der Waals surface area contributed by atoms with Crippen LogP contribution >= 0.6 is 11.3 Å². The first-order valence-corrected chi connectivity index (χ1v) is 7.53. The second-order valence-electron chi connectivity index (χ2n) is 4.93. The summed E-state index contributed by atoms with van der Waals surface area (Å²) in [5.74, 6) is 0. The molecule has 4 aromatic rings. The normalized spacial score (nSPS) is 11.1. The van der Waals surface area contributed by atoms with Gasteiger partial charge >= 0.3 is 11.2 Å². The highest BCUT2D eigenvalue weighted by molar-refractivity contribution is 7.22. The molecular weight excluding hydrogens is 298 g/mol. The lowest BCUT2D eigenvalue weighted by molar-refractivity contribution is -0.384. The Morgan fingerprint density at radius 1 is 0.955 bits per heavy atom. The summed E-state index contributed by atoms with van der Waals surface area (Å²) < 4.78 is 6.87. The van der Waals surface area contributed by atoms with Crippen LogP contribution in [0.25, 0.3) is 31.7 Å². The van der Waals surface area contributed by atoms with Crippen LogP contribution in [0.5, 0.6) is 0 Å². The molecule has 0 atom stereocenters. The number of thiophene rings is 1. The van der Waals surface area contributed by atoms with E-state index >= 15 is 0 Å². The van der Waals surface area contributed by atoms with Gasteiger partial charge in [-0.3, -0.25) is 10.1 Å². The molecule has 0 amide bonds. The highest BCUT2D eigenvalue weighted by Crippen LogP contribution is 2.36. The number of hydrogen-bond donors (Lipinski definition) is 0. The van der Waals surface area contributed by atoms with Gasteiger partial charge in [0.15, 0.2) is 0 Å². The number of rotatable bonds is 2. The fourth-order valence-corrected chi connectivity index (χ4v) is 3.46. The standard InChI is InChI=1S/C17H10NO3S/c19-18(20)13-7-6-12-8-17-15(21-14(12)9-13)10-16(22-17)11-4-2-1-3-5-11/h1-10H/q+1. The van der Waals surface area contributed by atoms with E-state index < -0.39 is 4.92 Å². The molecule has 0 N–H and O–H groups in total. The highest BCUT2D eigenvalue weighted by atomic mass is 32.1. The number of fused-ring (bicyclic) bond motifs is 2. The Morgan fingerprint density at radius 2 is 1.77 bits per heavy atom. The van der Waals surface area contributed by atoms with Crippen molar-refractivity contribution in [3.05, 3.63) is 70.8 Å². The third kappa shape index (κ3) is 2.12. The lowest BCUT2D eigenvalue weighted by Crippen LogP contribution is -1.86. The molecule has 0 aliphatic rings. The molecule has 4 nitrogen and oxygen atoms in total. The van der Waals surface area contributed by atoms with Gasteiger partial charge in [0.2, 0.25) is 0 Å². The predicted molar refractivity (Wildman–Crippen MR) is 88.1 cm³/mol. The number of non-ortho nitro benzene ring substituents is 1. The van der Waals surface area contributed by atoms with E-state index in [9.17, 15) is 10.1 Å². The fraction of sp³-hybridized carbons (Fsp3) is 0. The van der Waals surface area contributed by atoms with Gasteiger partial charge in [-0.15, -0.1) is 11.3 Å². The minimum absolute atomic E-state index is 0.0362. The first-order valence-electron chi connectivity index (χ1n) is 6.71. The molecule has 4 rings (SSSR count). The van der Waals surface area contributed by atoms with Crippen molar-refractivity contribution in [3.8, 4) is 10.4 Å². The van der Waals surface area contributed by atoms with Gasteiger partial charge in [-0.25, -0.2) is 4.42 Å². The Morgan fingerprint density at radius 3 is 2.55 bits per heavy atom. The summed E-state index contributed by atoms with van der Waals surface area (Å²) in [6.07, 6.45) is 0. The van der Waals surface area contributed by atoms with Crippen LogP contribution in [0.1, 0.15) is 0 Å². The van der Waals surface area contributed by atoms with Gasteiger partial charge in [0.25, 0.3) is 5.69 Å². The summed E-state index contributed by atoms with van der Waals surface area (Å²) in [6.45, 7) is 0. The predicted octanol–water partition coefficient (Wildman–Crippen LogP) is 5.50. The summed E-state index contributed by atoms with van der Waals surface area (Å²) in [6, 6.07) is 18.7. The summed E-state index contributed by atoms with van der Waals surface area (Å²) in [4.78, 5) is 11.6. The van der Waals surface area contributed by atoms with Crippen molar-refractivity contribution < 1.29 is 9.34 Å². The number of benzene rings is 2. The number of nitro benzene ring substituents is 1. The highest BCUT2D eigenvalue weighted by Gasteiger charge is 2.19. The van der Waals surface area contributed by atoms with E-state index in [2.05, 4.69) is 12.1 Å². The van der Waals surface area contributed by atoms with Crippen LogP contribution in [0.4, 0.5) is 5.69 Å². The maximum atomic E-state index is 10.9. The minimum atomic E-state index is -0.415. The first kappa shape index (κ1) is 12.9. The molecule has 0 saturated heterocycles. The van der Waals surface area contributed by atoms with E-state index in [0.29, 0.717) is 5.58 Å². The van der Waals surface area contributed by atoms with E-state index in [-0.39, 0.29) is 5.69 Å². The Bertz CT molecular complexity index is 1010. The lowest BCUT2D eigenvalue weighted by atomic mass is 10.2. The van der Waals surface area contributed by atoms with Crippen LogP contribution in [-0.2, 0) is 0 Å². The summed E-state index contributed by atoms with van der Waals surface area (Å²) in [5, 5.41) is 11.7. The molecule has 0 unspecified atom stereocenters. The topological polar surface area (TPSA) is 54.4 Å². The molecule has 0 saturated carbocycles. The smallest absolute Gasteiger partial charge is 0.258 e. The molecular formula is C17H10NO3S+. The van der Waals surface area contributed by atoms with Crippen LogP contribution < -0.4 is 0 Å². The third-order valence-electron chi connectivity index (χ3n) is 3.50. The molecule has 2 aromatic carbocycles. The molecule has 0 aliphatic carbocycles. The third-order valence-corrected chi connectivity index (χ3v) is 4.61. The molecule has 0 radical (unpaired) electrons. The zero-order valence-corrected chi connectivity index (χ0v) is 12.2. The zero-order valence-electron chi connectivity index (χ0n) is 11.4. The first-order chi connectivity index (χ1) is 10.7. The van der Waals surface area contributed by atoms with E-state index in [0.717, 1.165) is 26.1 Å². The largest absolute Gasteiger partial charge is 0.372 e.